The van der Waals surface area contributed by atoms with Crippen molar-refractivity contribution in [2.75, 3.05) is 6.54 Å². The van der Waals surface area contributed by atoms with Gasteiger partial charge in [-0.2, -0.15) is 0 Å². The number of aromatic nitrogens is 2. The molecule has 4 rings (SSSR count). The number of carbonyl (C=O) groups is 1. The van der Waals surface area contributed by atoms with Crippen molar-refractivity contribution in [3.8, 4) is 0 Å². The fourth-order valence-corrected chi connectivity index (χ4v) is 3.56. The van der Waals surface area contributed by atoms with Gasteiger partial charge in [-0.15, -0.1) is 0 Å². The van der Waals surface area contributed by atoms with Crippen LogP contribution >= 0.6 is 0 Å². The Morgan fingerprint density at radius 2 is 1.60 bits per heavy atom. The van der Waals surface area contributed by atoms with Crippen LogP contribution in [0.2, 0.25) is 0 Å². The molecule has 0 saturated carbocycles. The molecule has 4 heteroatoms. The number of nitrogens with zero attached hydrogens (tertiary/aromatic N) is 3. The maximum Gasteiger partial charge on any atom is 0.234 e. The number of benzene rings is 2. The zero-order valence-electron chi connectivity index (χ0n) is 14.3. The molecular weight excluding hydrogens is 310 g/mol. The van der Waals surface area contributed by atoms with E-state index in [4.69, 9.17) is 0 Å². The number of imidazole rings is 1. The maximum absolute atomic E-state index is 13.4. The molecular formula is C21H21N3O. The lowest BCUT2D eigenvalue weighted by molar-refractivity contribution is -0.132. The minimum atomic E-state index is -0.267. The van der Waals surface area contributed by atoms with Crippen LogP contribution in [0.4, 0.5) is 0 Å². The average molecular weight is 331 g/mol. The molecule has 4 nitrogen and oxygen atoms in total. The highest BCUT2D eigenvalue weighted by atomic mass is 16.2. The van der Waals surface area contributed by atoms with Crippen LogP contribution in [0.15, 0.2) is 67.0 Å². The standard InChI is InChI=1S/C21H21N3O/c1-23-15-22-18-12-13-24(14-19(18)23)21(25)20(16-8-4-2-5-9-16)17-10-6-3-7-11-17/h2-11,15,20H,12-14H2,1H3. The van der Waals surface area contributed by atoms with Gasteiger partial charge >= 0.3 is 0 Å². The van der Waals surface area contributed by atoms with Crippen LogP contribution in [0.1, 0.15) is 28.4 Å². The highest BCUT2D eigenvalue weighted by Gasteiger charge is 2.30. The number of amides is 1. The van der Waals surface area contributed by atoms with E-state index in [0.717, 1.165) is 35.5 Å². The van der Waals surface area contributed by atoms with Gasteiger partial charge < -0.3 is 9.47 Å². The van der Waals surface area contributed by atoms with Crippen molar-refractivity contribution in [3.05, 3.63) is 89.5 Å². The Bertz CT molecular complexity index is 831. The average Bonchev–Trinajstić information content (AvgIpc) is 3.04. The molecule has 0 atom stereocenters. The molecule has 3 aromatic rings. The summed E-state index contributed by atoms with van der Waals surface area (Å²) < 4.78 is 2.02. The smallest absolute Gasteiger partial charge is 0.234 e. The van der Waals surface area contributed by atoms with Gasteiger partial charge in [-0.05, 0) is 11.1 Å². The molecule has 0 saturated heterocycles. The van der Waals surface area contributed by atoms with Crippen molar-refractivity contribution in [3.63, 3.8) is 0 Å². The number of hydrogen-bond acceptors (Lipinski definition) is 2. The van der Waals surface area contributed by atoms with Crippen LogP contribution in [-0.4, -0.2) is 26.9 Å². The van der Waals surface area contributed by atoms with Crippen molar-refractivity contribution >= 4 is 5.91 Å². The third-order valence-electron chi connectivity index (χ3n) is 4.93. The zero-order chi connectivity index (χ0) is 17.2. The SMILES string of the molecule is Cn1cnc2c1CN(C(=O)C(c1ccccc1)c1ccccc1)CC2. The van der Waals surface area contributed by atoms with Gasteiger partial charge in [0.1, 0.15) is 0 Å². The lowest BCUT2D eigenvalue weighted by Crippen LogP contribution is -2.39. The molecule has 0 N–H and O–H groups in total. The number of fused-ring (bicyclic) bond motifs is 1. The van der Waals surface area contributed by atoms with E-state index in [9.17, 15) is 4.79 Å². The molecule has 0 unspecified atom stereocenters. The Labute approximate surface area is 147 Å². The second-order valence-electron chi connectivity index (χ2n) is 6.51. The van der Waals surface area contributed by atoms with Crippen LogP contribution in [0.5, 0.6) is 0 Å². The molecule has 25 heavy (non-hydrogen) atoms. The van der Waals surface area contributed by atoms with E-state index in [1.807, 2.05) is 83.5 Å². The molecule has 1 amide bonds. The first-order chi connectivity index (χ1) is 12.2. The summed E-state index contributed by atoms with van der Waals surface area (Å²) in [5.74, 6) is -0.110. The second-order valence-corrected chi connectivity index (χ2v) is 6.51. The van der Waals surface area contributed by atoms with Crippen LogP contribution in [0.25, 0.3) is 0 Å². The minimum Gasteiger partial charge on any atom is -0.336 e. The van der Waals surface area contributed by atoms with Gasteiger partial charge in [-0.1, -0.05) is 60.7 Å². The Balaban J connectivity index is 1.68. The van der Waals surface area contributed by atoms with Gasteiger partial charge in [0.2, 0.25) is 5.91 Å². The fraction of sp³-hybridized carbons (Fsp3) is 0.238. The number of hydrogen-bond donors (Lipinski definition) is 0. The van der Waals surface area contributed by atoms with E-state index in [1.54, 1.807) is 0 Å². The van der Waals surface area contributed by atoms with E-state index in [2.05, 4.69) is 4.98 Å². The van der Waals surface area contributed by atoms with Crippen LogP contribution in [0.3, 0.4) is 0 Å². The number of aryl methyl sites for hydroxylation is 1. The van der Waals surface area contributed by atoms with Crippen molar-refractivity contribution in [1.29, 1.82) is 0 Å². The molecule has 0 spiro atoms. The summed E-state index contributed by atoms with van der Waals surface area (Å²) in [6.07, 6.45) is 2.66. The predicted molar refractivity (Wildman–Crippen MR) is 97.1 cm³/mol. The summed E-state index contributed by atoms with van der Waals surface area (Å²) in [6, 6.07) is 20.1. The largest absolute Gasteiger partial charge is 0.336 e. The van der Waals surface area contributed by atoms with Gasteiger partial charge in [0.25, 0.3) is 0 Å². The minimum absolute atomic E-state index is 0.157. The second kappa shape index (κ2) is 6.55. The van der Waals surface area contributed by atoms with Gasteiger partial charge in [0.15, 0.2) is 0 Å². The lowest BCUT2D eigenvalue weighted by atomic mass is 9.89. The predicted octanol–water partition coefficient (Wildman–Crippen LogP) is 3.14. The van der Waals surface area contributed by atoms with Gasteiger partial charge in [-0.3, -0.25) is 4.79 Å². The molecule has 126 valence electrons. The Kier molecular flexibility index (Phi) is 4.10. The van der Waals surface area contributed by atoms with Crippen molar-refractivity contribution < 1.29 is 4.79 Å². The molecule has 0 radical (unpaired) electrons. The third-order valence-corrected chi connectivity index (χ3v) is 4.93. The topological polar surface area (TPSA) is 38.1 Å². The summed E-state index contributed by atoms with van der Waals surface area (Å²) in [7, 11) is 1.99. The number of rotatable bonds is 3. The van der Waals surface area contributed by atoms with Crippen LogP contribution in [-0.2, 0) is 24.8 Å². The fourth-order valence-electron chi connectivity index (χ4n) is 3.56. The zero-order valence-corrected chi connectivity index (χ0v) is 14.3. The third kappa shape index (κ3) is 2.95. The highest BCUT2D eigenvalue weighted by molar-refractivity contribution is 5.87. The maximum atomic E-state index is 13.4. The van der Waals surface area contributed by atoms with Crippen molar-refractivity contribution in [1.82, 2.24) is 14.5 Å². The van der Waals surface area contributed by atoms with Gasteiger partial charge in [0, 0.05) is 20.0 Å². The summed E-state index contributed by atoms with van der Waals surface area (Å²) >= 11 is 0. The van der Waals surface area contributed by atoms with E-state index in [1.165, 1.54) is 0 Å². The molecule has 1 aromatic heterocycles. The quantitative estimate of drug-likeness (QED) is 0.739. The van der Waals surface area contributed by atoms with E-state index >= 15 is 0 Å². The summed E-state index contributed by atoms with van der Waals surface area (Å²) in [6.45, 7) is 1.35. The first-order valence-electron chi connectivity index (χ1n) is 8.62. The summed E-state index contributed by atoms with van der Waals surface area (Å²) in [5.41, 5.74) is 4.33. The first kappa shape index (κ1) is 15.6. The van der Waals surface area contributed by atoms with E-state index in [0.29, 0.717) is 6.54 Å². The molecule has 2 heterocycles. The molecule has 2 aromatic carbocycles. The molecule has 0 bridgehead atoms. The molecule has 1 aliphatic heterocycles. The molecule has 0 aliphatic carbocycles. The Morgan fingerprint density at radius 3 is 2.20 bits per heavy atom. The van der Waals surface area contributed by atoms with Gasteiger partial charge in [-0.25, -0.2) is 4.98 Å². The summed E-state index contributed by atoms with van der Waals surface area (Å²) in [4.78, 5) is 19.8. The highest BCUT2D eigenvalue weighted by Crippen LogP contribution is 2.29. The van der Waals surface area contributed by atoms with E-state index < -0.39 is 0 Å². The molecule has 0 fully saturated rings. The lowest BCUT2D eigenvalue weighted by Gasteiger charge is -2.31. The summed E-state index contributed by atoms with van der Waals surface area (Å²) in [5, 5.41) is 0. The van der Waals surface area contributed by atoms with Crippen molar-refractivity contribution in [2.45, 2.75) is 18.9 Å². The number of carbonyl (C=O) groups excluding carboxylic acids is 1. The first-order valence-corrected chi connectivity index (χ1v) is 8.62. The van der Waals surface area contributed by atoms with Crippen LogP contribution < -0.4 is 0 Å². The molecule has 1 aliphatic rings. The van der Waals surface area contributed by atoms with Crippen molar-refractivity contribution in [2.24, 2.45) is 7.05 Å². The Hall–Kier alpha value is -2.88. The van der Waals surface area contributed by atoms with E-state index in [-0.39, 0.29) is 11.8 Å². The van der Waals surface area contributed by atoms with Gasteiger partial charge in [0.05, 0.1) is 30.2 Å². The monoisotopic (exact) mass is 331 g/mol. The normalized spacial score (nSPS) is 13.8. The Morgan fingerprint density at radius 1 is 1.00 bits per heavy atom. The van der Waals surface area contributed by atoms with Crippen LogP contribution in [0, 0.1) is 0 Å².